The normalized spacial score (nSPS) is 22.5. The summed E-state index contributed by atoms with van der Waals surface area (Å²) in [4.78, 5) is 15.3. The molecule has 1 amide bonds. The summed E-state index contributed by atoms with van der Waals surface area (Å²) in [6.07, 6.45) is 1.61. The Balaban J connectivity index is 1.49. The van der Waals surface area contributed by atoms with Gasteiger partial charge < -0.3 is 4.90 Å². The predicted molar refractivity (Wildman–Crippen MR) is 125 cm³/mol. The van der Waals surface area contributed by atoms with Gasteiger partial charge in [0.05, 0.1) is 6.42 Å². The Bertz CT molecular complexity index is 950. The number of fused-ring (bicyclic) bond motifs is 1. The second kappa shape index (κ2) is 8.31. The zero-order valence-corrected chi connectivity index (χ0v) is 17.9. The summed E-state index contributed by atoms with van der Waals surface area (Å²) in [6, 6.07) is 32.1. The third-order valence-corrected chi connectivity index (χ3v) is 8.20. The van der Waals surface area contributed by atoms with Gasteiger partial charge in [-0.25, -0.2) is 0 Å². The van der Waals surface area contributed by atoms with E-state index in [2.05, 4.69) is 77.3 Å². The highest BCUT2D eigenvalue weighted by Crippen LogP contribution is 2.53. The van der Waals surface area contributed by atoms with E-state index in [-0.39, 0.29) is 11.3 Å². The Hall–Kier alpha value is -2.52. The van der Waals surface area contributed by atoms with Gasteiger partial charge in [-0.2, -0.15) is 11.8 Å². The van der Waals surface area contributed by atoms with Crippen LogP contribution in [0.5, 0.6) is 0 Å². The average molecular weight is 414 g/mol. The van der Waals surface area contributed by atoms with Crippen molar-refractivity contribution in [1.82, 2.24) is 4.90 Å². The van der Waals surface area contributed by atoms with Crippen molar-refractivity contribution in [1.29, 1.82) is 0 Å². The number of carbonyl (C=O) groups excluding carboxylic acids is 1. The molecular weight excluding hydrogens is 386 g/mol. The molecule has 152 valence electrons. The first-order chi connectivity index (χ1) is 14.8. The third-order valence-electron chi connectivity index (χ3n) is 6.86. The molecule has 0 spiro atoms. The van der Waals surface area contributed by atoms with E-state index in [1.807, 2.05) is 30.3 Å². The molecule has 2 atom stereocenters. The summed E-state index contributed by atoms with van der Waals surface area (Å²) >= 11 is 2.06. The number of carbonyl (C=O) groups is 1. The highest BCUT2D eigenvalue weighted by molar-refractivity contribution is 8.00. The lowest BCUT2D eigenvalue weighted by Gasteiger charge is -2.46. The smallest absolute Gasteiger partial charge is 0.227 e. The van der Waals surface area contributed by atoms with E-state index in [9.17, 15) is 4.79 Å². The number of rotatable bonds is 4. The van der Waals surface area contributed by atoms with Crippen molar-refractivity contribution in [3.63, 3.8) is 0 Å². The van der Waals surface area contributed by atoms with Gasteiger partial charge in [0, 0.05) is 29.7 Å². The van der Waals surface area contributed by atoms with Crippen LogP contribution in [0.4, 0.5) is 0 Å². The number of amides is 1. The van der Waals surface area contributed by atoms with Gasteiger partial charge in [-0.05, 0) is 28.9 Å². The van der Waals surface area contributed by atoms with Crippen LogP contribution in [0.25, 0.3) is 0 Å². The Morgan fingerprint density at radius 3 is 2.00 bits per heavy atom. The molecule has 3 heteroatoms. The maximum Gasteiger partial charge on any atom is 0.227 e. The quantitative estimate of drug-likeness (QED) is 0.587. The zero-order chi connectivity index (χ0) is 20.4. The first-order valence-electron chi connectivity index (χ1n) is 10.8. The number of nitrogens with zero attached hydrogens (tertiary/aromatic N) is 1. The maximum absolute atomic E-state index is 13.2. The summed E-state index contributed by atoms with van der Waals surface area (Å²) in [5, 5.41) is 0.485. The molecule has 2 aliphatic rings. The van der Waals surface area contributed by atoms with E-state index < -0.39 is 0 Å². The molecule has 0 aromatic heterocycles. The third kappa shape index (κ3) is 3.45. The molecule has 0 N–H and O–H groups in total. The highest BCUT2D eigenvalue weighted by atomic mass is 32.2. The standard InChI is InChI=1S/C27H27NOS/c29-26(18-21-10-4-1-5-11-21)28-19-24-25(20-28)30-17-16-27(24,22-12-6-2-7-13-22)23-14-8-3-9-15-23/h1-15,24-25H,16-20H2. The van der Waals surface area contributed by atoms with Crippen molar-refractivity contribution in [2.24, 2.45) is 5.92 Å². The fourth-order valence-corrected chi connectivity index (χ4v) is 6.99. The second-order valence-electron chi connectivity index (χ2n) is 8.43. The predicted octanol–water partition coefficient (Wildman–Crippen LogP) is 5.18. The Morgan fingerprint density at radius 1 is 0.833 bits per heavy atom. The number of thioether (sulfide) groups is 1. The van der Waals surface area contributed by atoms with Gasteiger partial charge in [0.15, 0.2) is 0 Å². The zero-order valence-electron chi connectivity index (χ0n) is 17.1. The Kier molecular flexibility index (Phi) is 5.39. The molecule has 5 rings (SSSR count). The molecule has 0 radical (unpaired) electrons. The SMILES string of the molecule is O=C(Cc1ccccc1)N1CC2SCCC(c3ccccc3)(c3ccccc3)C2C1. The van der Waals surface area contributed by atoms with E-state index in [4.69, 9.17) is 0 Å². The molecule has 2 saturated heterocycles. The van der Waals surface area contributed by atoms with Gasteiger partial charge in [0.1, 0.15) is 0 Å². The molecule has 0 saturated carbocycles. The van der Waals surface area contributed by atoms with Crippen LogP contribution in [0.1, 0.15) is 23.1 Å². The molecule has 0 aliphatic carbocycles. The highest BCUT2D eigenvalue weighted by Gasteiger charge is 2.52. The van der Waals surface area contributed by atoms with Crippen LogP contribution in [0.15, 0.2) is 91.0 Å². The molecule has 2 aliphatic heterocycles. The van der Waals surface area contributed by atoms with Gasteiger partial charge in [-0.1, -0.05) is 91.0 Å². The number of benzene rings is 3. The van der Waals surface area contributed by atoms with E-state index in [1.165, 1.54) is 11.1 Å². The van der Waals surface area contributed by atoms with Gasteiger partial charge in [-0.15, -0.1) is 0 Å². The van der Waals surface area contributed by atoms with Crippen LogP contribution in [-0.2, 0) is 16.6 Å². The fraction of sp³-hybridized carbons (Fsp3) is 0.296. The van der Waals surface area contributed by atoms with Gasteiger partial charge in [0.2, 0.25) is 5.91 Å². The van der Waals surface area contributed by atoms with Crippen LogP contribution < -0.4 is 0 Å². The summed E-state index contributed by atoms with van der Waals surface area (Å²) in [6.45, 7) is 1.70. The number of hydrogen-bond acceptors (Lipinski definition) is 2. The Labute approximate surface area is 183 Å². The second-order valence-corrected chi connectivity index (χ2v) is 9.78. The fourth-order valence-electron chi connectivity index (χ4n) is 5.41. The molecule has 3 aromatic rings. The van der Waals surface area contributed by atoms with Crippen molar-refractivity contribution < 1.29 is 4.79 Å². The van der Waals surface area contributed by atoms with Gasteiger partial charge in [-0.3, -0.25) is 4.79 Å². The lowest BCUT2D eigenvalue weighted by Crippen LogP contribution is -2.45. The van der Waals surface area contributed by atoms with Crippen molar-refractivity contribution in [3.8, 4) is 0 Å². The summed E-state index contributed by atoms with van der Waals surface area (Å²) < 4.78 is 0. The molecule has 0 bridgehead atoms. The van der Waals surface area contributed by atoms with Crippen molar-refractivity contribution in [2.75, 3.05) is 18.8 Å². The minimum Gasteiger partial charge on any atom is -0.341 e. The minimum absolute atomic E-state index is 0.0276. The summed E-state index contributed by atoms with van der Waals surface area (Å²) in [5.41, 5.74) is 3.86. The molecule has 2 nitrogen and oxygen atoms in total. The lowest BCUT2D eigenvalue weighted by molar-refractivity contribution is -0.129. The van der Waals surface area contributed by atoms with Crippen molar-refractivity contribution in [2.45, 2.75) is 23.5 Å². The van der Waals surface area contributed by atoms with Crippen LogP contribution in [0.3, 0.4) is 0 Å². The monoisotopic (exact) mass is 413 g/mol. The summed E-state index contributed by atoms with van der Waals surface area (Å²) in [5.74, 6) is 1.82. The number of hydrogen-bond donors (Lipinski definition) is 0. The average Bonchev–Trinajstić information content (AvgIpc) is 3.26. The van der Waals surface area contributed by atoms with Crippen molar-refractivity contribution >= 4 is 17.7 Å². The van der Waals surface area contributed by atoms with Crippen LogP contribution in [0.2, 0.25) is 0 Å². The van der Waals surface area contributed by atoms with Gasteiger partial charge in [0.25, 0.3) is 0 Å². The van der Waals surface area contributed by atoms with Gasteiger partial charge >= 0.3 is 0 Å². The van der Waals surface area contributed by atoms with Crippen LogP contribution in [-0.4, -0.2) is 34.9 Å². The first-order valence-corrected chi connectivity index (χ1v) is 11.9. The maximum atomic E-state index is 13.2. The molecule has 2 fully saturated rings. The first kappa shape index (κ1) is 19.4. The topological polar surface area (TPSA) is 20.3 Å². The van der Waals surface area contributed by atoms with Crippen LogP contribution >= 0.6 is 11.8 Å². The number of likely N-dealkylation sites (tertiary alicyclic amines) is 1. The van der Waals surface area contributed by atoms with E-state index >= 15 is 0 Å². The largest absolute Gasteiger partial charge is 0.341 e. The van der Waals surface area contributed by atoms with E-state index in [0.29, 0.717) is 17.6 Å². The molecule has 3 aromatic carbocycles. The van der Waals surface area contributed by atoms with Crippen LogP contribution in [0, 0.1) is 5.92 Å². The molecular formula is C27H27NOS. The molecule has 2 heterocycles. The van der Waals surface area contributed by atoms with E-state index in [1.54, 1.807) is 0 Å². The lowest BCUT2D eigenvalue weighted by atomic mass is 9.63. The minimum atomic E-state index is -0.0276. The molecule has 30 heavy (non-hydrogen) atoms. The van der Waals surface area contributed by atoms with E-state index in [0.717, 1.165) is 30.8 Å². The van der Waals surface area contributed by atoms with Crippen molar-refractivity contribution in [3.05, 3.63) is 108 Å². The molecule has 2 unspecified atom stereocenters. The Morgan fingerprint density at radius 2 is 1.40 bits per heavy atom. The summed E-state index contributed by atoms with van der Waals surface area (Å²) in [7, 11) is 0.